The zero-order chi connectivity index (χ0) is 15.2. The van der Waals surface area contributed by atoms with Gasteiger partial charge in [-0.15, -0.1) is 0 Å². The van der Waals surface area contributed by atoms with Gasteiger partial charge < -0.3 is 5.32 Å². The molecule has 0 aliphatic rings. The van der Waals surface area contributed by atoms with Crippen LogP contribution in [-0.4, -0.2) is 49.3 Å². The Morgan fingerprint density at radius 2 is 2.20 bits per heavy atom. The van der Waals surface area contributed by atoms with Crippen molar-refractivity contribution in [3.05, 3.63) is 18.5 Å². The Morgan fingerprint density at radius 1 is 1.50 bits per heavy atom. The van der Waals surface area contributed by atoms with Gasteiger partial charge in [0.25, 0.3) is 0 Å². The number of nitrogens with one attached hydrogen (secondary N) is 1. The van der Waals surface area contributed by atoms with Gasteiger partial charge in [-0.25, -0.2) is 8.42 Å². The molecule has 1 N–H and O–H groups in total. The number of thioether (sulfide) groups is 1. The lowest BCUT2D eigenvalue weighted by Gasteiger charge is -2.24. The zero-order valence-electron chi connectivity index (χ0n) is 12.5. The van der Waals surface area contributed by atoms with Crippen LogP contribution in [0.25, 0.3) is 0 Å². The van der Waals surface area contributed by atoms with Gasteiger partial charge in [-0.2, -0.15) is 16.1 Å². The lowest BCUT2D eigenvalue weighted by atomic mass is 10.4. The molecule has 1 heterocycles. The van der Waals surface area contributed by atoms with Crippen LogP contribution >= 0.6 is 11.8 Å². The largest absolute Gasteiger partial charge is 0.384 e. The van der Waals surface area contributed by atoms with E-state index in [0.29, 0.717) is 5.69 Å². The Kier molecular flexibility index (Phi) is 6.78. The molecule has 0 aromatic carbocycles. The first-order chi connectivity index (χ1) is 9.45. The molecule has 1 rings (SSSR count). The van der Waals surface area contributed by atoms with Crippen molar-refractivity contribution in [3.63, 3.8) is 0 Å². The normalized spacial score (nSPS) is 13.4. The zero-order valence-corrected chi connectivity index (χ0v) is 14.1. The van der Waals surface area contributed by atoms with Crippen LogP contribution in [0.4, 0.5) is 5.69 Å². The molecule has 0 bridgehead atoms. The summed E-state index contributed by atoms with van der Waals surface area (Å²) in [5.74, 6) is 0.758. The van der Waals surface area contributed by atoms with Gasteiger partial charge in [0.1, 0.15) is 4.90 Å². The van der Waals surface area contributed by atoms with Gasteiger partial charge in [0.2, 0.25) is 10.0 Å². The number of pyridine rings is 1. The number of anilines is 1. The highest BCUT2D eigenvalue weighted by Crippen LogP contribution is 2.24. The second kappa shape index (κ2) is 7.85. The van der Waals surface area contributed by atoms with Gasteiger partial charge >= 0.3 is 0 Å². The fourth-order valence-electron chi connectivity index (χ4n) is 1.73. The quantitative estimate of drug-likeness (QED) is 0.797. The van der Waals surface area contributed by atoms with Gasteiger partial charge in [-0.3, -0.25) is 4.98 Å². The molecule has 20 heavy (non-hydrogen) atoms. The first-order valence-corrected chi connectivity index (χ1v) is 9.43. The lowest BCUT2D eigenvalue weighted by Crippen LogP contribution is -2.37. The van der Waals surface area contributed by atoms with E-state index in [-0.39, 0.29) is 10.9 Å². The second-order valence-corrected chi connectivity index (χ2v) is 7.50. The topological polar surface area (TPSA) is 62.3 Å². The summed E-state index contributed by atoms with van der Waals surface area (Å²) in [6, 6.07) is 1.64. The Hall–Kier alpha value is -0.790. The number of hydrogen-bond donors (Lipinski definition) is 1. The van der Waals surface area contributed by atoms with Crippen LogP contribution in [0.1, 0.15) is 20.3 Å². The molecule has 0 saturated heterocycles. The highest BCUT2D eigenvalue weighted by atomic mass is 32.2. The van der Waals surface area contributed by atoms with Crippen molar-refractivity contribution in [2.24, 2.45) is 0 Å². The van der Waals surface area contributed by atoms with Crippen LogP contribution in [0.15, 0.2) is 23.4 Å². The molecule has 1 aromatic rings. The molecule has 0 saturated carbocycles. The molecule has 0 radical (unpaired) electrons. The SMILES string of the molecule is CCCNc1ccncc1S(=O)(=O)N(C)C(C)CSC. The van der Waals surface area contributed by atoms with Crippen molar-refractivity contribution in [2.75, 3.05) is 30.9 Å². The first kappa shape index (κ1) is 17.3. The van der Waals surface area contributed by atoms with Crippen LogP contribution in [0.3, 0.4) is 0 Å². The Morgan fingerprint density at radius 3 is 2.80 bits per heavy atom. The fraction of sp³-hybridized carbons (Fsp3) is 0.615. The minimum absolute atomic E-state index is 0.0609. The van der Waals surface area contributed by atoms with E-state index in [2.05, 4.69) is 10.3 Å². The lowest BCUT2D eigenvalue weighted by molar-refractivity contribution is 0.415. The van der Waals surface area contributed by atoms with Crippen molar-refractivity contribution >= 4 is 27.5 Å². The predicted molar refractivity (Wildman–Crippen MR) is 85.8 cm³/mol. The van der Waals surface area contributed by atoms with E-state index in [4.69, 9.17) is 0 Å². The summed E-state index contributed by atoms with van der Waals surface area (Å²) in [7, 11) is -1.91. The van der Waals surface area contributed by atoms with Crippen LogP contribution in [-0.2, 0) is 10.0 Å². The number of aromatic nitrogens is 1. The smallest absolute Gasteiger partial charge is 0.246 e. The summed E-state index contributed by atoms with van der Waals surface area (Å²) < 4.78 is 26.8. The average molecular weight is 317 g/mol. The molecule has 0 amide bonds. The van der Waals surface area contributed by atoms with Gasteiger partial charge in [-0.1, -0.05) is 6.92 Å². The van der Waals surface area contributed by atoms with Crippen LogP contribution < -0.4 is 5.32 Å². The van der Waals surface area contributed by atoms with E-state index in [1.54, 1.807) is 31.1 Å². The number of rotatable bonds is 8. The molecular formula is C13H23N3O2S2. The minimum atomic E-state index is -3.53. The highest BCUT2D eigenvalue weighted by Gasteiger charge is 2.27. The van der Waals surface area contributed by atoms with Gasteiger partial charge in [0.15, 0.2) is 0 Å². The molecule has 0 aliphatic carbocycles. The van der Waals surface area contributed by atoms with E-state index in [1.165, 1.54) is 10.5 Å². The summed E-state index contributed by atoms with van der Waals surface area (Å²) in [5, 5.41) is 3.14. The first-order valence-electron chi connectivity index (χ1n) is 6.60. The fourth-order valence-corrected chi connectivity index (χ4v) is 4.00. The van der Waals surface area contributed by atoms with Crippen molar-refractivity contribution in [2.45, 2.75) is 31.2 Å². The molecule has 0 fully saturated rings. The molecule has 7 heteroatoms. The standard InChI is InChI=1S/C13H23N3O2S2/c1-5-7-15-12-6-8-14-9-13(12)20(17,18)16(3)11(2)10-19-4/h6,8-9,11H,5,7,10H2,1-4H3,(H,14,15). The van der Waals surface area contributed by atoms with Crippen molar-refractivity contribution in [1.82, 2.24) is 9.29 Å². The van der Waals surface area contributed by atoms with Crippen LogP contribution in [0.5, 0.6) is 0 Å². The Balaban J connectivity index is 3.08. The number of sulfonamides is 1. The maximum Gasteiger partial charge on any atom is 0.246 e. The molecule has 0 spiro atoms. The van der Waals surface area contributed by atoms with Gasteiger partial charge in [-0.05, 0) is 25.7 Å². The van der Waals surface area contributed by atoms with Gasteiger partial charge in [0.05, 0.1) is 5.69 Å². The third kappa shape index (κ3) is 4.10. The second-order valence-electron chi connectivity index (χ2n) is 4.62. The maximum atomic E-state index is 12.7. The Labute approximate surface area is 126 Å². The summed E-state index contributed by atoms with van der Waals surface area (Å²) in [6.45, 7) is 4.68. The molecule has 1 atom stereocenters. The van der Waals surface area contributed by atoms with E-state index >= 15 is 0 Å². The van der Waals surface area contributed by atoms with Crippen molar-refractivity contribution in [3.8, 4) is 0 Å². The number of hydrogen-bond acceptors (Lipinski definition) is 5. The molecule has 1 aromatic heterocycles. The highest BCUT2D eigenvalue weighted by molar-refractivity contribution is 7.98. The van der Waals surface area contributed by atoms with Crippen LogP contribution in [0.2, 0.25) is 0 Å². The number of nitrogens with zero attached hydrogens (tertiary/aromatic N) is 2. The summed E-state index contributed by atoms with van der Waals surface area (Å²) in [6.07, 6.45) is 5.91. The average Bonchev–Trinajstić information content (AvgIpc) is 2.44. The van der Waals surface area contributed by atoms with Crippen molar-refractivity contribution in [1.29, 1.82) is 0 Å². The summed E-state index contributed by atoms with van der Waals surface area (Å²) in [5.41, 5.74) is 0.616. The molecule has 0 aliphatic heterocycles. The van der Waals surface area contributed by atoms with E-state index in [1.807, 2.05) is 20.1 Å². The molecule has 5 nitrogen and oxygen atoms in total. The third-order valence-electron chi connectivity index (χ3n) is 3.04. The molecule has 1 unspecified atom stereocenters. The van der Waals surface area contributed by atoms with E-state index in [9.17, 15) is 8.42 Å². The van der Waals surface area contributed by atoms with Crippen LogP contribution in [0, 0.1) is 0 Å². The van der Waals surface area contributed by atoms with E-state index in [0.717, 1.165) is 18.7 Å². The summed E-state index contributed by atoms with van der Waals surface area (Å²) in [4.78, 5) is 4.20. The minimum Gasteiger partial charge on any atom is -0.384 e. The third-order valence-corrected chi connectivity index (χ3v) is 5.85. The predicted octanol–water partition coefficient (Wildman–Crippen LogP) is 2.28. The molecular weight excluding hydrogens is 294 g/mol. The van der Waals surface area contributed by atoms with Crippen molar-refractivity contribution < 1.29 is 8.42 Å². The Bertz CT molecular complexity index is 520. The van der Waals surface area contributed by atoms with Gasteiger partial charge in [0, 0.05) is 37.8 Å². The monoisotopic (exact) mass is 317 g/mol. The van der Waals surface area contributed by atoms with E-state index < -0.39 is 10.0 Å². The summed E-state index contributed by atoms with van der Waals surface area (Å²) >= 11 is 1.63. The maximum absolute atomic E-state index is 12.7. The molecule has 114 valence electrons.